The summed E-state index contributed by atoms with van der Waals surface area (Å²) in [5.74, 6) is -2.36. The van der Waals surface area contributed by atoms with E-state index in [1.807, 2.05) is 6.07 Å². The Kier molecular flexibility index (Phi) is 9.82. The number of benzene rings is 1. The number of carboxylic acids is 1. The molecule has 1 saturated carbocycles. The average Bonchev–Trinajstić information content (AvgIpc) is 3.61. The summed E-state index contributed by atoms with van der Waals surface area (Å²) < 4.78 is 41.2. The SMILES string of the molecule is CN1CCC(CCC(F)(F)c2cccnc2)CC1.O=C(O)C(CC1CC1)N1CCC(c2cccc(F)c2)C1. The van der Waals surface area contributed by atoms with Gasteiger partial charge in [0.15, 0.2) is 0 Å². The third kappa shape index (κ3) is 8.27. The third-order valence-electron chi connectivity index (χ3n) is 8.31. The number of likely N-dealkylation sites (tertiary alicyclic amines) is 2. The number of aliphatic carboxylic acids is 1. The number of aromatic nitrogens is 1. The molecule has 2 aliphatic heterocycles. The molecule has 3 aliphatic rings. The van der Waals surface area contributed by atoms with Crippen LogP contribution in [0.15, 0.2) is 48.8 Å². The fourth-order valence-electron chi connectivity index (χ4n) is 5.64. The Morgan fingerprint density at radius 2 is 1.84 bits per heavy atom. The number of nitrogens with zero attached hydrogens (tertiary/aromatic N) is 3. The zero-order chi connectivity index (χ0) is 27.1. The third-order valence-corrected chi connectivity index (χ3v) is 8.31. The van der Waals surface area contributed by atoms with Gasteiger partial charge in [-0.3, -0.25) is 14.7 Å². The second kappa shape index (κ2) is 13.1. The van der Waals surface area contributed by atoms with Crippen LogP contribution in [0.4, 0.5) is 13.2 Å². The van der Waals surface area contributed by atoms with Crippen molar-refractivity contribution in [2.45, 2.75) is 69.2 Å². The summed E-state index contributed by atoms with van der Waals surface area (Å²) in [7, 11) is 2.08. The largest absolute Gasteiger partial charge is 0.480 e. The highest BCUT2D eigenvalue weighted by atomic mass is 19.3. The summed E-state index contributed by atoms with van der Waals surface area (Å²) in [6.07, 6.45) is 9.45. The molecule has 38 heavy (non-hydrogen) atoms. The Hall–Kier alpha value is -2.45. The summed E-state index contributed by atoms with van der Waals surface area (Å²) in [6, 6.07) is 9.36. The molecule has 5 rings (SSSR count). The fraction of sp³-hybridized carbons (Fsp3) is 0.600. The molecule has 3 heterocycles. The number of hydrogen-bond donors (Lipinski definition) is 1. The van der Waals surface area contributed by atoms with E-state index in [0.29, 0.717) is 18.3 Å². The number of pyridine rings is 1. The van der Waals surface area contributed by atoms with Gasteiger partial charge in [-0.15, -0.1) is 0 Å². The first-order chi connectivity index (χ1) is 18.2. The Morgan fingerprint density at radius 3 is 2.47 bits per heavy atom. The Labute approximate surface area is 224 Å². The summed E-state index contributed by atoms with van der Waals surface area (Å²) in [4.78, 5) is 19.5. The lowest BCUT2D eigenvalue weighted by Gasteiger charge is -2.29. The van der Waals surface area contributed by atoms with Gasteiger partial charge in [-0.05, 0) is 106 Å². The maximum atomic E-state index is 13.9. The molecular weight excluding hydrogens is 491 g/mol. The summed E-state index contributed by atoms with van der Waals surface area (Å²) in [5, 5.41) is 9.41. The van der Waals surface area contributed by atoms with Crippen molar-refractivity contribution in [3.05, 3.63) is 65.7 Å². The van der Waals surface area contributed by atoms with Crippen LogP contribution >= 0.6 is 0 Å². The molecule has 0 radical (unpaired) electrons. The molecular formula is C30H40F3N3O2. The topological polar surface area (TPSA) is 56.7 Å². The van der Waals surface area contributed by atoms with Crippen molar-refractivity contribution in [2.75, 3.05) is 33.2 Å². The summed E-state index contributed by atoms with van der Waals surface area (Å²) in [6.45, 7) is 3.59. The zero-order valence-corrected chi connectivity index (χ0v) is 22.2. The average molecular weight is 532 g/mol. The van der Waals surface area contributed by atoms with E-state index in [-0.39, 0.29) is 29.8 Å². The maximum Gasteiger partial charge on any atom is 0.320 e. The Morgan fingerprint density at radius 1 is 1.08 bits per heavy atom. The molecule has 2 aromatic rings. The molecule has 1 aromatic carbocycles. The maximum absolute atomic E-state index is 13.9. The smallest absolute Gasteiger partial charge is 0.320 e. The molecule has 0 amide bonds. The minimum atomic E-state index is -2.74. The molecule has 2 unspecified atom stereocenters. The lowest BCUT2D eigenvalue weighted by molar-refractivity contribution is -0.143. The van der Waals surface area contributed by atoms with Crippen molar-refractivity contribution in [3.8, 4) is 0 Å². The molecule has 2 saturated heterocycles. The lowest BCUT2D eigenvalue weighted by atomic mass is 9.90. The Balaban J connectivity index is 0.000000178. The molecule has 8 heteroatoms. The van der Waals surface area contributed by atoms with Crippen molar-refractivity contribution < 1.29 is 23.1 Å². The van der Waals surface area contributed by atoms with E-state index in [1.54, 1.807) is 18.2 Å². The minimum Gasteiger partial charge on any atom is -0.480 e. The van der Waals surface area contributed by atoms with Crippen molar-refractivity contribution in [1.29, 1.82) is 0 Å². The Bertz CT molecular complexity index is 1030. The van der Waals surface area contributed by atoms with Crippen LogP contribution in [0.3, 0.4) is 0 Å². The molecule has 2 atom stereocenters. The monoisotopic (exact) mass is 531 g/mol. The lowest BCUT2D eigenvalue weighted by Crippen LogP contribution is -2.40. The highest BCUT2D eigenvalue weighted by molar-refractivity contribution is 5.73. The van der Waals surface area contributed by atoms with Crippen LogP contribution in [-0.2, 0) is 10.7 Å². The number of halogens is 3. The van der Waals surface area contributed by atoms with E-state index in [1.165, 1.54) is 37.4 Å². The van der Waals surface area contributed by atoms with Gasteiger partial charge >= 0.3 is 5.97 Å². The van der Waals surface area contributed by atoms with Gasteiger partial charge in [0, 0.05) is 30.9 Å². The first-order valence-electron chi connectivity index (χ1n) is 13.9. The second-order valence-electron chi connectivity index (χ2n) is 11.3. The van der Waals surface area contributed by atoms with Gasteiger partial charge in [-0.2, -0.15) is 0 Å². The van der Waals surface area contributed by atoms with Crippen LogP contribution in [0.25, 0.3) is 0 Å². The molecule has 208 valence electrons. The van der Waals surface area contributed by atoms with Crippen molar-refractivity contribution >= 4 is 5.97 Å². The highest BCUT2D eigenvalue weighted by Crippen LogP contribution is 2.37. The fourth-order valence-corrected chi connectivity index (χ4v) is 5.64. The normalized spacial score (nSPS) is 22.1. The summed E-state index contributed by atoms with van der Waals surface area (Å²) >= 11 is 0. The number of piperidine rings is 1. The zero-order valence-electron chi connectivity index (χ0n) is 22.2. The van der Waals surface area contributed by atoms with E-state index in [0.717, 1.165) is 57.4 Å². The van der Waals surface area contributed by atoms with Gasteiger partial charge in [0.1, 0.15) is 11.9 Å². The number of alkyl halides is 2. The van der Waals surface area contributed by atoms with E-state index < -0.39 is 11.9 Å². The van der Waals surface area contributed by atoms with Gasteiger partial charge < -0.3 is 10.0 Å². The highest BCUT2D eigenvalue weighted by Gasteiger charge is 2.37. The quantitative estimate of drug-likeness (QED) is 0.420. The van der Waals surface area contributed by atoms with Gasteiger partial charge in [0.25, 0.3) is 5.92 Å². The van der Waals surface area contributed by atoms with Gasteiger partial charge in [0.2, 0.25) is 0 Å². The van der Waals surface area contributed by atoms with Crippen LogP contribution in [0, 0.1) is 17.7 Å². The molecule has 5 nitrogen and oxygen atoms in total. The van der Waals surface area contributed by atoms with Crippen LogP contribution in [0.5, 0.6) is 0 Å². The van der Waals surface area contributed by atoms with Crippen molar-refractivity contribution in [3.63, 3.8) is 0 Å². The second-order valence-corrected chi connectivity index (χ2v) is 11.3. The van der Waals surface area contributed by atoms with Crippen molar-refractivity contribution in [1.82, 2.24) is 14.8 Å². The molecule has 3 fully saturated rings. The van der Waals surface area contributed by atoms with E-state index in [9.17, 15) is 23.1 Å². The minimum absolute atomic E-state index is 0.0397. The predicted octanol–water partition coefficient (Wildman–Crippen LogP) is 6.16. The molecule has 0 spiro atoms. The molecule has 1 aliphatic carbocycles. The number of carbonyl (C=O) groups is 1. The first-order valence-corrected chi connectivity index (χ1v) is 13.9. The number of carboxylic acid groups (broad SMARTS) is 1. The standard InChI is InChI=1S/C16H20FNO2.C14H20F2N2/c17-14-3-1-2-12(9-14)13-6-7-18(10-13)15(16(19)20)8-11-4-5-11;1-18-9-5-12(6-10-18)4-7-14(15,16)13-3-2-8-17-11-13/h1-3,9,11,13,15H,4-8,10H2,(H,19,20);2-3,8,11-12H,4-7,9-10H2,1H3. The van der Waals surface area contributed by atoms with E-state index in [2.05, 4.69) is 21.8 Å². The van der Waals surface area contributed by atoms with Gasteiger partial charge in [-0.1, -0.05) is 25.0 Å². The van der Waals surface area contributed by atoms with Crippen LogP contribution in [0.2, 0.25) is 0 Å². The predicted molar refractivity (Wildman–Crippen MR) is 142 cm³/mol. The molecule has 0 bridgehead atoms. The molecule has 1 N–H and O–H groups in total. The van der Waals surface area contributed by atoms with E-state index in [4.69, 9.17) is 0 Å². The number of hydrogen-bond acceptors (Lipinski definition) is 4. The van der Waals surface area contributed by atoms with Gasteiger partial charge in [0.05, 0.1) is 0 Å². The van der Waals surface area contributed by atoms with Crippen molar-refractivity contribution in [2.24, 2.45) is 11.8 Å². The van der Waals surface area contributed by atoms with Crippen LogP contribution in [0.1, 0.15) is 68.4 Å². The summed E-state index contributed by atoms with van der Waals surface area (Å²) in [5.41, 5.74) is 1.03. The van der Waals surface area contributed by atoms with Gasteiger partial charge in [-0.25, -0.2) is 13.2 Å². The van der Waals surface area contributed by atoms with Crippen LogP contribution in [-0.4, -0.2) is 65.1 Å². The first kappa shape index (κ1) is 28.6. The number of rotatable bonds is 9. The van der Waals surface area contributed by atoms with E-state index >= 15 is 0 Å². The van der Waals surface area contributed by atoms with Crippen LogP contribution < -0.4 is 0 Å². The molecule has 1 aromatic heterocycles.